The van der Waals surface area contributed by atoms with Gasteiger partial charge < -0.3 is 9.15 Å². The van der Waals surface area contributed by atoms with E-state index in [1.807, 2.05) is 27.7 Å². The first kappa shape index (κ1) is 22.0. The number of carbonyl (C=O) groups is 1. The maximum Gasteiger partial charge on any atom is 0.338 e. The van der Waals surface area contributed by atoms with Gasteiger partial charge in [0.25, 0.3) is 0 Å². The molecule has 3 aromatic rings. The van der Waals surface area contributed by atoms with Crippen LogP contribution in [0.5, 0.6) is 0 Å². The van der Waals surface area contributed by atoms with Crippen LogP contribution in [0.2, 0.25) is 10.0 Å². The molecular formula is C20H23Cl2NO3. The highest BCUT2D eigenvalue weighted by molar-refractivity contribution is 6.35. The monoisotopic (exact) mass is 395 g/mol. The fourth-order valence-corrected chi connectivity index (χ4v) is 2.59. The lowest BCUT2D eigenvalue weighted by Gasteiger charge is -2.00. The average molecular weight is 396 g/mol. The molecule has 1 heterocycles. The third-order valence-corrected chi connectivity index (χ3v) is 3.45. The van der Waals surface area contributed by atoms with E-state index in [-0.39, 0.29) is 0 Å². The van der Waals surface area contributed by atoms with Crippen LogP contribution in [-0.2, 0) is 4.74 Å². The Balaban J connectivity index is 0.000000791. The van der Waals surface area contributed by atoms with Crippen LogP contribution in [0.3, 0.4) is 0 Å². The third-order valence-electron chi connectivity index (χ3n) is 3.01. The fraction of sp³-hybridized carbons (Fsp3) is 0.300. The number of nitrogens with zero attached hydrogens (tertiary/aromatic N) is 1. The molecule has 4 nitrogen and oxygen atoms in total. The average Bonchev–Trinajstić information content (AvgIpc) is 3.08. The van der Waals surface area contributed by atoms with Crippen LogP contribution < -0.4 is 0 Å². The third kappa shape index (κ3) is 5.48. The second-order valence-corrected chi connectivity index (χ2v) is 5.45. The summed E-state index contributed by atoms with van der Waals surface area (Å²) in [4.78, 5) is 16.1. The van der Waals surface area contributed by atoms with Crippen molar-refractivity contribution in [2.75, 3.05) is 6.61 Å². The van der Waals surface area contributed by atoms with Crippen molar-refractivity contribution in [3.8, 4) is 11.5 Å². The molecule has 26 heavy (non-hydrogen) atoms. The first-order chi connectivity index (χ1) is 12.6. The Morgan fingerprint density at radius 1 is 1.04 bits per heavy atom. The summed E-state index contributed by atoms with van der Waals surface area (Å²) < 4.78 is 10.7. The number of oxazole rings is 1. The van der Waals surface area contributed by atoms with Gasteiger partial charge in [-0.15, -0.1) is 0 Å². The van der Waals surface area contributed by atoms with Crippen LogP contribution >= 0.6 is 23.2 Å². The molecule has 0 fully saturated rings. The molecular weight excluding hydrogens is 373 g/mol. The van der Waals surface area contributed by atoms with Gasteiger partial charge >= 0.3 is 5.97 Å². The summed E-state index contributed by atoms with van der Waals surface area (Å²) >= 11 is 12.0. The SMILES string of the molecule is CC.CC.CCOC(=O)c1ccc2nc(-c3cc(Cl)cc(Cl)c3)oc2c1. The smallest absolute Gasteiger partial charge is 0.338 e. The maximum atomic E-state index is 11.7. The van der Waals surface area contributed by atoms with Crippen LogP contribution in [0.15, 0.2) is 40.8 Å². The minimum atomic E-state index is -0.395. The Hall–Kier alpha value is -2.04. The van der Waals surface area contributed by atoms with Gasteiger partial charge in [0, 0.05) is 15.6 Å². The molecule has 0 radical (unpaired) electrons. The van der Waals surface area contributed by atoms with E-state index in [1.165, 1.54) is 0 Å². The van der Waals surface area contributed by atoms with Crippen molar-refractivity contribution in [3.05, 3.63) is 52.0 Å². The van der Waals surface area contributed by atoms with Crippen LogP contribution in [0.4, 0.5) is 0 Å². The summed E-state index contributed by atoms with van der Waals surface area (Å²) in [5.41, 5.74) is 2.23. The number of hydrogen-bond acceptors (Lipinski definition) is 4. The molecule has 0 saturated carbocycles. The molecule has 0 saturated heterocycles. The van der Waals surface area contributed by atoms with Gasteiger partial charge in [-0.05, 0) is 43.3 Å². The zero-order chi connectivity index (χ0) is 19.7. The highest BCUT2D eigenvalue weighted by atomic mass is 35.5. The summed E-state index contributed by atoms with van der Waals surface area (Å²) in [7, 11) is 0. The predicted molar refractivity (Wildman–Crippen MR) is 108 cm³/mol. The van der Waals surface area contributed by atoms with E-state index in [4.69, 9.17) is 32.4 Å². The molecule has 3 rings (SSSR count). The Morgan fingerprint density at radius 2 is 1.65 bits per heavy atom. The second kappa shape index (κ2) is 10.8. The van der Waals surface area contributed by atoms with Gasteiger partial charge in [-0.3, -0.25) is 0 Å². The van der Waals surface area contributed by atoms with Gasteiger partial charge in [-0.1, -0.05) is 50.9 Å². The molecule has 1 aromatic heterocycles. The number of rotatable bonds is 3. The molecule has 0 spiro atoms. The molecule has 0 amide bonds. The summed E-state index contributed by atoms with van der Waals surface area (Å²) in [5.74, 6) is -0.00596. The highest BCUT2D eigenvalue weighted by Gasteiger charge is 2.13. The van der Waals surface area contributed by atoms with Crippen LogP contribution in [0, 0.1) is 0 Å². The minimum Gasteiger partial charge on any atom is -0.462 e. The molecule has 0 N–H and O–H groups in total. The zero-order valence-corrected chi connectivity index (χ0v) is 17.1. The standard InChI is InChI=1S/C16H11Cl2NO3.2C2H6/c1-2-21-16(20)9-3-4-13-14(7-9)22-15(19-13)10-5-11(17)8-12(18)6-10;2*1-2/h3-8H,2H2,1H3;2*1-2H3. The van der Waals surface area contributed by atoms with Gasteiger partial charge in [0.2, 0.25) is 5.89 Å². The lowest BCUT2D eigenvalue weighted by atomic mass is 10.2. The number of fused-ring (bicyclic) bond motifs is 1. The molecule has 0 unspecified atom stereocenters. The Morgan fingerprint density at radius 3 is 2.23 bits per heavy atom. The van der Waals surface area contributed by atoms with Crippen molar-refractivity contribution in [2.45, 2.75) is 34.6 Å². The molecule has 0 aliphatic heterocycles. The van der Waals surface area contributed by atoms with Gasteiger partial charge in [0.05, 0.1) is 12.2 Å². The quantitative estimate of drug-likeness (QED) is 0.446. The lowest BCUT2D eigenvalue weighted by molar-refractivity contribution is 0.0526. The van der Waals surface area contributed by atoms with Crippen molar-refractivity contribution >= 4 is 40.3 Å². The Bertz CT molecular complexity index is 839. The highest BCUT2D eigenvalue weighted by Crippen LogP contribution is 2.29. The number of ether oxygens (including phenoxy) is 1. The molecule has 140 valence electrons. The summed E-state index contributed by atoms with van der Waals surface area (Å²) in [6.45, 7) is 10.1. The Kier molecular flexibility index (Phi) is 9.17. The van der Waals surface area contributed by atoms with E-state index in [9.17, 15) is 4.79 Å². The predicted octanol–water partition coefficient (Wildman–Crippen LogP) is 7.03. The van der Waals surface area contributed by atoms with E-state index in [2.05, 4.69) is 4.98 Å². The largest absolute Gasteiger partial charge is 0.462 e. The lowest BCUT2D eigenvalue weighted by Crippen LogP contribution is -2.03. The molecule has 0 bridgehead atoms. The summed E-state index contributed by atoms with van der Waals surface area (Å²) in [6.07, 6.45) is 0. The van der Waals surface area contributed by atoms with Crippen molar-refractivity contribution < 1.29 is 13.9 Å². The number of carbonyl (C=O) groups excluding carboxylic acids is 1. The van der Waals surface area contributed by atoms with E-state index in [1.54, 1.807) is 43.3 Å². The fourth-order valence-electron chi connectivity index (χ4n) is 2.07. The number of benzene rings is 2. The van der Waals surface area contributed by atoms with Crippen LogP contribution in [0.25, 0.3) is 22.6 Å². The van der Waals surface area contributed by atoms with E-state index >= 15 is 0 Å². The minimum absolute atomic E-state index is 0.319. The summed E-state index contributed by atoms with van der Waals surface area (Å²) in [6, 6.07) is 10.0. The van der Waals surface area contributed by atoms with Crippen molar-refractivity contribution in [2.24, 2.45) is 0 Å². The number of esters is 1. The number of aromatic nitrogens is 1. The van der Waals surface area contributed by atoms with E-state index in [0.29, 0.717) is 44.8 Å². The number of hydrogen-bond donors (Lipinski definition) is 0. The van der Waals surface area contributed by atoms with Gasteiger partial charge in [-0.25, -0.2) is 9.78 Å². The zero-order valence-electron chi connectivity index (χ0n) is 15.6. The molecule has 6 heteroatoms. The molecule has 0 aliphatic rings. The topological polar surface area (TPSA) is 52.3 Å². The first-order valence-corrected chi connectivity index (χ1v) is 9.36. The van der Waals surface area contributed by atoms with Crippen molar-refractivity contribution in [1.82, 2.24) is 4.98 Å². The van der Waals surface area contributed by atoms with E-state index < -0.39 is 5.97 Å². The van der Waals surface area contributed by atoms with Gasteiger partial charge in [0.1, 0.15) is 5.52 Å². The van der Waals surface area contributed by atoms with Gasteiger partial charge in [0.15, 0.2) is 5.58 Å². The summed E-state index contributed by atoms with van der Waals surface area (Å²) in [5, 5.41) is 0.994. The van der Waals surface area contributed by atoms with Crippen molar-refractivity contribution in [3.63, 3.8) is 0 Å². The molecule has 0 aliphatic carbocycles. The number of halogens is 2. The first-order valence-electron chi connectivity index (χ1n) is 8.61. The van der Waals surface area contributed by atoms with Crippen LogP contribution in [-0.4, -0.2) is 17.6 Å². The van der Waals surface area contributed by atoms with E-state index in [0.717, 1.165) is 0 Å². The maximum absolute atomic E-state index is 11.7. The molecule has 0 atom stereocenters. The van der Waals surface area contributed by atoms with Crippen LogP contribution in [0.1, 0.15) is 45.0 Å². The van der Waals surface area contributed by atoms with Gasteiger partial charge in [-0.2, -0.15) is 0 Å². The van der Waals surface area contributed by atoms with Crippen molar-refractivity contribution in [1.29, 1.82) is 0 Å². The molecule has 2 aromatic carbocycles. The second-order valence-electron chi connectivity index (χ2n) is 4.58. The normalized spacial score (nSPS) is 9.65. The Labute approximate surface area is 164 Å².